The van der Waals surface area contributed by atoms with Gasteiger partial charge in [0.25, 0.3) is 5.91 Å². The van der Waals surface area contributed by atoms with Crippen LogP contribution in [0.1, 0.15) is 63.0 Å². The van der Waals surface area contributed by atoms with Crippen molar-refractivity contribution in [2.45, 2.75) is 75.1 Å². The van der Waals surface area contributed by atoms with Crippen molar-refractivity contribution >= 4 is 27.9 Å². The number of hydrazine groups is 1. The van der Waals surface area contributed by atoms with E-state index in [4.69, 9.17) is 0 Å². The molecule has 1 aromatic rings. The van der Waals surface area contributed by atoms with Gasteiger partial charge in [-0.05, 0) is 80.5 Å². The van der Waals surface area contributed by atoms with E-state index < -0.39 is 33.4 Å². The molecule has 0 atom stereocenters. The zero-order valence-corrected chi connectivity index (χ0v) is 19.1. The summed E-state index contributed by atoms with van der Waals surface area (Å²) in [7, 11) is -3.76. The molecule has 1 aliphatic heterocycles. The molecule has 3 aliphatic rings. The van der Waals surface area contributed by atoms with Crippen LogP contribution >= 0.6 is 0 Å². The largest absolute Gasteiger partial charge is 0.344 e. The van der Waals surface area contributed by atoms with Crippen LogP contribution in [0, 0.1) is 5.92 Å². The van der Waals surface area contributed by atoms with Gasteiger partial charge in [-0.25, -0.2) is 17.9 Å². The molecule has 1 aromatic carbocycles. The van der Waals surface area contributed by atoms with Crippen LogP contribution in [0.5, 0.6) is 0 Å². The highest BCUT2D eigenvalue weighted by Gasteiger charge is 2.52. The molecule has 2 aliphatic carbocycles. The van der Waals surface area contributed by atoms with Crippen LogP contribution in [0.3, 0.4) is 0 Å². The maximum atomic E-state index is 12.8. The van der Waals surface area contributed by atoms with E-state index in [1.807, 2.05) is 6.07 Å². The summed E-state index contributed by atoms with van der Waals surface area (Å²) >= 11 is 0. The van der Waals surface area contributed by atoms with Gasteiger partial charge in [-0.2, -0.15) is 5.01 Å². The van der Waals surface area contributed by atoms with Crippen LogP contribution in [-0.2, 0) is 32.5 Å². The Morgan fingerprint density at radius 1 is 1.16 bits per heavy atom. The first-order chi connectivity index (χ1) is 15.2. The van der Waals surface area contributed by atoms with Gasteiger partial charge in [0, 0.05) is 13.0 Å². The zero-order chi connectivity index (χ0) is 22.9. The van der Waals surface area contributed by atoms with Crippen molar-refractivity contribution in [3.05, 3.63) is 29.3 Å². The Labute approximate surface area is 188 Å². The number of benzene rings is 1. The van der Waals surface area contributed by atoms with Crippen LogP contribution in [0.15, 0.2) is 23.1 Å². The first-order valence-electron chi connectivity index (χ1n) is 11.3. The molecular weight excluding hydrogens is 432 g/mol. The van der Waals surface area contributed by atoms with Gasteiger partial charge in [0.05, 0.1) is 4.90 Å². The fraction of sp³-hybridized carbons (Fsp3) is 0.591. The van der Waals surface area contributed by atoms with Crippen molar-refractivity contribution in [2.75, 3.05) is 6.54 Å². The average molecular weight is 463 g/mol. The molecule has 1 saturated heterocycles. The predicted molar refractivity (Wildman–Crippen MR) is 117 cm³/mol. The Kier molecular flexibility index (Phi) is 6.26. The number of nitrogens with zero attached hydrogens (tertiary/aromatic N) is 1. The van der Waals surface area contributed by atoms with E-state index in [1.54, 1.807) is 12.1 Å². The summed E-state index contributed by atoms with van der Waals surface area (Å²) in [5.41, 5.74) is 3.63. The maximum Gasteiger partial charge on any atom is 0.344 e. The number of urea groups is 1. The molecule has 0 unspecified atom stereocenters. The lowest BCUT2D eigenvalue weighted by molar-refractivity contribution is -0.140. The van der Waals surface area contributed by atoms with Crippen LogP contribution in [-0.4, -0.2) is 43.4 Å². The van der Waals surface area contributed by atoms with Gasteiger partial charge in [0.15, 0.2) is 0 Å². The smallest absolute Gasteiger partial charge is 0.322 e. The predicted octanol–water partition coefficient (Wildman–Crippen LogP) is 1.77. The number of hydrogen-bond acceptors (Lipinski definition) is 5. The molecule has 0 aromatic heterocycles. The Morgan fingerprint density at radius 2 is 1.84 bits per heavy atom. The third-order valence-corrected chi connectivity index (χ3v) is 8.26. The number of carbonyl (C=O) groups is 3. The van der Waals surface area contributed by atoms with Crippen molar-refractivity contribution in [2.24, 2.45) is 5.92 Å². The van der Waals surface area contributed by atoms with Gasteiger partial charge >= 0.3 is 6.03 Å². The summed E-state index contributed by atoms with van der Waals surface area (Å²) in [6, 6.07) is 4.50. The summed E-state index contributed by atoms with van der Waals surface area (Å²) in [4.78, 5) is 37.6. The summed E-state index contributed by atoms with van der Waals surface area (Å²) in [5, 5.41) is 3.47. The monoisotopic (exact) mass is 462 g/mol. The Morgan fingerprint density at radius 3 is 2.56 bits per heavy atom. The number of amides is 4. The Balaban J connectivity index is 1.30. The minimum Gasteiger partial charge on any atom is -0.322 e. The molecule has 3 N–H and O–H groups in total. The standard InChI is InChI=1S/C22H30N4O5S/c1-15-8-11-22(12-9-15)20(28)26(21(29)24-22)25-19(27)10-13-23-32(30,31)18-7-6-16-4-2-3-5-17(16)14-18/h6-7,14-15,23H,2-5,8-13H2,1H3,(H,24,29)(H,25,27). The van der Waals surface area contributed by atoms with E-state index in [2.05, 4.69) is 22.4 Å². The van der Waals surface area contributed by atoms with E-state index in [9.17, 15) is 22.8 Å². The van der Waals surface area contributed by atoms with Crippen molar-refractivity contribution < 1.29 is 22.8 Å². The van der Waals surface area contributed by atoms with Gasteiger partial charge in [-0.1, -0.05) is 13.0 Å². The van der Waals surface area contributed by atoms with Crippen molar-refractivity contribution in [1.82, 2.24) is 20.5 Å². The molecule has 1 spiro atoms. The van der Waals surface area contributed by atoms with E-state index in [0.29, 0.717) is 18.8 Å². The second-order valence-electron chi connectivity index (χ2n) is 9.16. The van der Waals surface area contributed by atoms with Crippen LogP contribution < -0.4 is 15.5 Å². The normalized spacial score (nSPS) is 25.5. The van der Waals surface area contributed by atoms with Gasteiger partial charge in [0.2, 0.25) is 15.9 Å². The number of fused-ring (bicyclic) bond motifs is 1. The number of nitrogens with one attached hydrogen (secondary N) is 3. The molecule has 0 bridgehead atoms. The molecule has 9 nitrogen and oxygen atoms in total. The van der Waals surface area contributed by atoms with E-state index >= 15 is 0 Å². The Bertz CT molecular complexity index is 1030. The number of carbonyl (C=O) groups excluding carboxylic acids is 3. The summed E-state index contributed by atoms with van der Waals surface area (Å²) in [6.45, 7) is 1.97. The third-order valence-electron chi connectivity index (χ3n) is 6.80. The number of rotatable bonds is 6. The second-order valence-corrected chi connectivity index (χ2v) is 10.9. The number of aryl methyl sites for hydroxylation is 2. The maximum absolute atomic E-state index is 12.8. The van der Waals surface area contributed by atoms with Crippen molar-refractivity contribution in [3.8, 4) is 0 Å². The zero-order valence-electron chi connectivity index (χ0n) is 18.3. The lowest BCUT2D eigenvalue weighted by atomic mass is 9.77. The average Bonchev–Trinajstić information content (AvgIpc) is 2.99. The van der Waals surface area contributed by atoms with E-state index in [0.717, 1.165) is 49.1 Å². The Hall–Kier alpha value is -2.46. The summed E-state index contributed by atoms with van der Waals surface area (Å²) < 4.78 is 27.6. The fourth-order valence-electron chi connectivity index (χ4n) is 4.76. The highest BCUT2D eigenvalue weighted by Crippen LogP contribution is 2.35. The molecule has 10 heteroatoms. The third kappa shape index (κ3) is 4.52. The minimum absolute atomic E-state index is 0.141. The van der Waals surface area contributed by atoms with E-state index in [-0.39, 0.29) is 17.9 Å². The second kappa shape index (κ2) is 8.82. The topological polar surface area (TPSA) is 125 Å². The fourth-order valence-corrected chi connectivity index (χ4v) is 5.84. The lowest BCUT2D eigenvalue weighted by Gasteiger charge is -2.33. The lowest BCUT2D eigenvalue weighted by Crippen LogP contribution is -2.51. The SMILES string of the molecule is CC1CCC2(CC1)NC(=O)N(NC(=O)CCNS(=O)(=O)c1ccc3c(c1)CCCC3)C2=O. The molecule has 0 radical (unpaired) electrons. The molecule has 4 amide bonds. The molecule has 2 fully saturated rings. The molecule has 32 heavy (non-hydrogen) atoms. The first kappa shape index (κ1) is 22.7. The van der Waals surface area contributed by atoms with Gasteiger partial charge in [-0.15, -0.1) is 0 Å². The number of sulfonamides is 1. The highest BCUT2D eigenvalue weighted by atomic mass is 32.2. The number of imide groups is 1. The van der Waals surface area contributed by atoms with Gasteiger partial charge < -0.3 is 5.32 Å². The van der Waals surface area contributed by atoms with Gasteiger partial charge in [0.1, 0.15) is 5.54 Å². The van der Waals surface area contributed by atoms with Crippen LogP contribution in [0.2, 0.25) is 0 Å². The first-order valence-corrected chi connectivity index (χ1v) is 12.8. The van der Waals surface area contributed by atoms with Crippen LogP contribution in [0.4, 0.5) is 4.79 Å². The van der Waals surface area contributed by atoms with E-state index in [1.165, 1.54) is 5.56 Å². The molecule has 1 heterocycles. The number of hydrogen-bond donors (Lipinski definition) is 3. The molecule has 1 saturated carbocycles. The highest BCUT2D eigenvalue weighted by molar-refractivity contribution is 7.89. The van der Waals surface area contributed by atoms with Crippen molar-refractivity contribution in [3.63, 3.8) is 0 Å². The summed E-state index contributed by atoms with van der Waals surface area (Å²) in [6.07, 6.45) is 6.55. The quantitative estimate of drug-likeness (QED) is 0.556. The van der Waals surface area contributed by atoms with Gasteiger partial charge in [-0.3, -0.25) is 15.0 Å². The minimum atomic E-state index is -3.76. The van der Waals surface area contributed by atoms with Crippen molar-refractivity contribution in [1.29, 1.82) is 0 Å². The molecule has 174 valence electrons. The molecule has 4 rings (SSSR count). The molecular formula is C22H30N4O5S. The summed E-state index contributed by atoms with van der Waals surface area (Å²) in [5.74, 6) is -0.558. The van der Waals surface area contributed by atoms with Crippen LogP contribution in [0.25, 0.3) is 0 Å².